The SMILES string of the molecule is CC1Oc2ccc(NC3COC(C)(C)OC3)cc2NC1=O. The minimum atomic E-state index is -0.522. The van der Waals surface area contributed by atoms with Crippen LogP contribution in [0.4, 0.5) is 11.4 Å². The van der Waals surface area contributed by atoms with Crippen LogP contribution in [0.1, 0.15) is 20.8 Å². The fourth-order valence-corrected chi connectivity index (χ4v) is 2.31. The lowest BCUT2D eigenvalue weighted by Crippen LogP contribution is -2.45. The van der Waals surface area contributed by atoms with E-state index in [-0.39, 0.29) is 11.9 Å². The monoisotopic (exact) mass is 292 g/mol. The van der Waals surface area contributed by atoms with Crippen LogP contribution in [-0.4, -0.2) is 37.1 Å². The zero-order chi connectivity index (χ0) is 15.0. The van der Waals surface area contributed by atoms with Gasteiger partial charge in [0.05, 0.1) is 24.9 Å². The third-order valence-corrected chi connectivity index (χ3v) is 3.55. The second-order valence-corrected chi connectivity index (χ2v) is 5.82. The topological polar surface area (TPSA) is 68.8 Å². The number of rotatable bonds is 2. The highest BCUT2D eigenvalue weighted by Gasteiger charge is 2.28. The second-order valence-electron chi connectivity index (χ2n) is 5.82. The lowest BCUT2D eigenvalue weighted by Gasteiger charge is -2.35. The Morgan fingerprint density at radius 3 is 2.71 bits per heavy atom. The summed E-state index contributed by atoms with van der Waals surface area (Å²) in [6, 6.07) is 5.71. The quantitative estimate of drug-likeness (QED) is 0.872. The molecule has 1 aromatic rings. The summed E-state index contributed by atoms with van der Waals surface area (Å²) in [4.78, 5) is 11.6. The molecule has 1 fully saturated rings. The van der Waals surface area contributed by atoms with Crippen molar-refractivity contribution in [3.63, 3.8) is 0 Å². The number of hydrogen-bond donors (Lipinski definition) is 2. The summed E-state index contributed by atoms with van der Waals surface area (Å²) in [5.74, 6) is 0.0297. The molecule has 0 saturated carbocycles. The summed E-state index contributed by atoms with van der Waals surface area (Å²) in [7, 11) is 0. The van der Waals surface area contributed by atoms with E-state index < -0.39 is 11.9 Å². The minimum absolute atomic E-state index is 0.0789. The highest BCUT2D eigenvalue weighted by atomic mass is 16.7. The van der Waals surface area contributed by atoms with Gasteiger partial charge in [-0.25, -0.2) is 0 Å². The number of carbonyl (C=O) groups excluding carboxylic acids is 1. The van der Waals surface area contributed by atoms with E-state index in [2.05, 4.69) is 10.6 Å². The number of hydrogen-bond acceptors (Lipinski definition) is 5. The van der Waals surface area contributed by atoms with Gasteiger partial charge in [-0.3, -0.25) is 4.79 Å². The predicted molar refractivity (Wildman–Crippen MR) is 78.6 cm³/mol. The summed E-state index contributed by atoms with van der Waals surface area (Å²) in [5.41, 5.74) is 1.57. The van der Waals surface area contributed by atoms with Crippen LogP contribution in [0.5, 0.6) is 5.75 Å². The average molecular weight is 292 g/mol. The number of amides is 1. The maximum Gasteiger partial charge on any atom is 0.265 e. The first-order chi connectivity index (χ1) is 9.93. The van der Waals surface area contributed by atoms with E-state index in [0.717, 1.165) is 5.69 Å². The summed E-state index contributed by atoms with van der Waals surface area (Å²) in [6.07, 6.45) is -0.460. The lowest BCUT2D eigenvalue weighted by molar-refractivity contribution is -0.247. The summed E-state index contributed by atoms with van der Waals surface area (Å²) >= 11 is 0. The molecule has 1 aromatic carbocycles. The fraction of sp³-hybridized carbons (Fsp3) is 0.533. The van der Waals surface area contributed by atoms with Crippen molar-refractivity contribution in [1.82, 2.24) is 0 Å². The Kier molecular flexibility index (Phi) is 3.51. The molecule has 1 atom stereocenters. The van der Waals surface area contributed by atoms with Crippen LogP contribution in [0.25, 0.3) is 0 Å². The van der Waals surface area contributed by atoms with Crippen molar-refractivity contribution in [2.24, 2.45) is 0 Å². The van der Waals surface area contributed by atoms with Gasteiger partial charge in [-0.15, -0.1) is 0 Å². The first-order valence-electron chi connectivity index (χ1n) is 7.09. The predicted octanol–water partition coefficient (Wildman–Crippen LogP) is 1.97. The molecule has 6 nitrogen and oxygen atoms in total. The molecule has 21 heavy (non-hydrogen) atoms. The van der Waals surface area contributed by atoms with Gasteiger partial charge in [0.25, 0.3) is 5.91 Å². The normalized spacial score (nSPS) is 24.7. The number of ether oxygens (including phenoxy) is 3. The Labute approximate surface area is 123 Å². The zero-order valence-electron chi connectivity index (χ0n) is 12.4. The molecule has 2 aliphatic rings. The van der Waals surface area contributed by atoms with Crippen LogP contribution in [0.15, 0.2) is 18.2 Å². The van der Waals surface area contributed by atoms with Gasteiger partial charge in [0.15, 0.2) is 11.9 Å². The Morgan fingerprint density at radius 1 is 1.29 bits per heavy atom. The van der Waals surface area contributed by atoms with Crippen molar-refractivity contribution in [2.45, 2.75) is 38.7 Å². The summed E-state index contributed by atoms with van der Waals surface area (Å²) in [5, 5.41) is 6.17. The van der Waals surface area contributed by atoms with Gasteiger partial charge < -0.3 is 24.8 Å². The molecule has 1 amide bonds. The number of fused-ring (bicyclic) bond motifs is 1. The molecule has 6 heteroatoms. The van der Waals surface area contributed by atoms with Crippen molar-refractivity contribution in [2.75, 3.05) is 23.8 Å². The van der Waals surface area contributed by atoms with E-state index in [1.54, 1.807) is 6.92 Å². The van der Waals surface area contributed by atoms with Gasteiger partial charge in [-0.2, -0.15) is 0 Å². The molecule has 0 aromatic heterocycles. The van der Waals surface area contributed by atoms with E-state index in [4.69, 9.17) is 14.2 Å². The first kappa shape index (κ1) is 14.2. The van der Waals surface area contributed by atoms with Gasteiger partial charge in [-0.1, -0.05) is 0 Å². The van der Waals surface area contributed by atoms with E-state index in [1.807, 2.05) is 32.0 Å². The van der Waals surface area contributed by atoms with Crippen LogP contribution < -0.4 is 15.4 Å². The smallest absolute Gasteiger partial charge is 0.265 e. The van der Waals surface area contributed by atoms with Gasteiger partial charge in [-0.05, 0) is 39.0 Å². The molecule has 0 bridgehead atoms. The van der Waals surface area contributed by atoms with Crippen LogP contribution in [0, 0.1) is 0 Å². The van der Waals surface area contributed by atoms with E-state index in [1.165, 1.54) is 0 Å². The Hall–Kier alpha value is -1.79. The van der Waals surface area contributed by atoms with Crippen molar-refractivity contribution < 1.29 is 19.0 Å². The minimum Gasteiger partial charge on any atom is -0.479 e. The number of anilines is 2. The molecule has 2 heterocycles. The van der Waals surface area contributed by atoms with Crippen LogP contribution in [0.2, 0.25) is 0 Å². The number of carbonyl (C=O) groups is 1. The van der Waals surface area contributed by atoms with Crippen molar-refractivity contribution >= 4 is 17.3 Å². The van der Waals surface area contributed by atoms with Crippen LogP contribution >= 0.6 is 0 Å². The summed E-state index contributed by atoms with van der Waals surface area (Å²) < 4.78 is 16.8. The summed E-state index contributed by atoms with van der Waals surface area (Å²) in [6.45, 7) is 6.67. The number of nitrogens with one attached hydrogen (secondary N) is 2. The first-order valence-corrected chi connectivity index (χ1v) is 7.09. The van der Waals surface area contributed by atoms with Crippen molar-refractivity contribution in [1.29, 1.82) is 0 Å². The molecule has 1 saturated heterocycles. The second kappa shape index (κ2) is 5.20. The fourth-order valence-electron chi connectivity index (χ4n) is 2.31. The Balaban J connectivity index is 1.68. The molecule has 114 valence electrons. The van der Waals surface area contributed by atoms with Crippen LogP contribution in [-0.2, 0) is 14.3 Å². The third-order valence-electron chi connectivity index (χ3n) is 3.55. The lowest BCUT2D eigenvalue weighted by atomic mass is 10.2. The molecular formula is C15H20N2O4. The standard InChI is InChI=1S/C15H20N2O4/c1-9-14(18)17-12-6-10(4-5-13(12)21-9)16-11-7-19-15(2,3)20-8-11/h4-6,9,11,16H,7-8H2,1-3H3,(H,17,18). The van der Waals surface area contributed by atoms with E-state index >= 15 is 0 Å². The molecule has 0 aliphatic carbocycles. The average Bonchev–Trinajstić information content (AvgIpc) is 2.43. The van der Waals surface area contributed by atoms with Gasteiger partial charge >= 0.3 is 0 Å². The third kappa shape index (κ3) is 3.11. The zero-order valence-corrected chi connectivity index (χ0v) is 12.4. The van der Waals surface area contributed by atoms with E-state index in [9.17, 15) is 4.79 Å². The molecule has 2 aliphatic heterocycles. The highest BCUT2D eigenvalue weighted by molar-refractivity contribution is 5.98. The maximum absolute atomic E-state index is 11.6. The van der Waals surface area contributed by atoms with Gasteiger partial charge in [0, 0.05) is 5.69 Å². The van der Waals surface area contributed by atoms with E-state index in [0.29, 0.717) is 24.7 Å². The molecular weight excluding hydrogens is 272 g/mol. The number of benzene rings is 1. The van der Waals surface area contributed by atoms with Crippen LogP contribution in [0.3, 0.4) is 0 Å². The molecule has 0 radical (unpaired) electrons. The van der Waals surface area contributed by atoms with Crippen molar-refractivity contribution in [3.8, 4) is 5.75 Å². The Morgan fingerprint density at radius 2 is 2.00 bits per heavy atom. The maximum atomic E-state index is 11.6. The molecule has 1 unspecified atom stereocenters. The van der Waals surface area contributed by atoms with Crippen molar-refractivity contribution in [3.05, 3.63) is 18.2 Å². The highest BCUT2D eigenvalue weighted by Crippen LogP contribution is 2.32. The van der Waals surface area contributed by atoms with Gasteiger partial charge in [0.2, 0.25) is 0 Å². The Bertz CT molecular complexity index is 549. The molecule has 0 spiro atoms. The molecule has 2 N–H and O–H groups in total. The van der Waals surface area contributed by atoms with Gasteiger partial charge in [0.1, 0.15) is 5.75 Å². The largest absolute Gasteiger partial charge is 0.479 e. The molecule has 3 rings (SSSR count).